The summed E-state index contributed by atoms with van der Waals surface area (Å²) < 4.78 is 45.5. The molecule has 57 heavy (non-hydrogen) atoms. The number of amides is 4. The Morgan fingerprint density at radius 3 is 2.39 bits per heavy atom. The molecule has 1 saturated heterocycles. The molecule has 3 heterocycles. The number of nitrogens with zero attached hydrogens (tertiary/aromatic N) is 3. The number of halogens is 2. The second kappa shape index (κ2) is 17.8. The number of hydrogen-bond donors (Lipinski definition) is 6. The highest BCUT2D eigenvalue weighted by molar-refractivity contribution is 6.06. The van der Waals surface area contributed by atoms with E-state index in [9.17, 15) is 43.0 Å². The number of aliphatic hydroxyl groups excluding tert-OH is 2. The minimum Gasteiger partial charge on any atom is -0.488 e. The number of nitrogens with one attached hydrogen (secondary N) is 4. The van der Waals surface area contributed by atoms with Crippen molar-refractivity contribution in [1.29, 1.82) is 0 Å². The van der Waals surface area contributed by atoms with Crippen LogP contribution in [0.25, 0.3) is 0 Å². The average molecular weight is 796 g/mol. The van der Waals surface area contributed by atoms with Crippen molar-refractivity contribution in [1.82, 2.24) is 25.3 Å². The standard InChI is InChI=1S/C38H43F2N7O10/c1-19(2)31(35(53)41-21(4)33(51)43-29-13-14-47(37(54)44-29)36-38(39,40)32(50)28(17-48)56-36)45-30(49)16-23-9-8-10-24(15-23)42-34(52)25-11-6-7-12-27(25)55-18-26-20(3)46-57-22(26)5/h6-15,19,21,28,31-32,36,48,50H,16-18H2,1-5H3,(H,41,53)(H,42,52)(H,45,49)(H,43,44,51,54)/t21-,28+,31-,32+,36+/m0/s1. The van der Waals surface area contributed by atoms with E-state index < -0.39 is 78.3 Å². The van der Waals surface area contributed by atoms with Crippen molar-refractivity contribution >= 4 is 35.1 Å². The number of aromatic nitrogens is 3. The van der Waals surface area contributed by atoms with Crippen molar-refractivity contribution in [3.8, 4) is 5.75 Å². The lowest BCUT2D eigenvalue weighted by atomic mass is 10.0. The highest BCUT2D eigenvalue weighted by Gasteiger charge is 2.59. The van der Waals surface area contributed by atoms with E-state index in [1.54, 1.807) is 76.2 Å². The molecule has 6 N–H and O–H groups in total. The molecule has 0 bridgehead atoms. The van der Waals surface area contributed by atoms with E-state index in [1.807, 2.05) is 0 Å². The zero-order valence-corrected chi connectivity index (χ0v) is 31.6. The van der Waals surface area contributed by atoms with Crippen LogP contribution in [0.2, 0.25) is 0 Å². The first-order valence-corrected chi connectivity index (χ1v) is 17.9. The van der Waals surface area contributed by atoms with Gasteiger partial charge in [0.15, 0.2) is 6.10 Å². The van der Waals surface area contributed by atoms with Crippen LogP contribution in [0.1, 0.15) is 59.9 Å². The van der Waals surface area contributed by atoms with Gasteiger partial charge in [0.2, 0.25) is 23.9 Å². The maximum Gasteiger partial charge on any atom is 0.351 e. The van der Waals surface area contributed by atoms with Gasteiger partial charge in [0.05, 0.1) is 29.8 Å². The van der Waals surface area contributed by atoms with Crippen molar-refractivity contribution in [3.05, 3.63) is 99.4 Å². The van der Waals surface area contributed by atoms with E-state index >= 15 is 0 Å². The lowest BCUT2D eigenvalue weighted by Gasteiger charge is -2.24. The Morgan fingerprint density at radius 2 is 1.74 bits per heavy atom. The van der Waals surface area contributed by atoms with Gasteiger partial charge in [-0.2, -0.15) is 13.8 Å². The van der Waals surface area contributed by atoms with Crippen LogP contribution in [0.15, 0.2) is 70.1 Å². The third-order valence-corrected chi connectivity index (χ3v) is 9.15. The predicted molar refractivity (Wildman–Crippen MR) is 198 cm³/mol. The Hall–Kier alpha value is -6.05. The number of anilines is 2. The number of carbonyl (C=O) groups is 4. The van der Waals surface area contributed by atoms with Gasteiger partial charge in [0.1, 0.15) is 42.1 Å². The molecule has 19 heteroatoms. The van der Waals surface area contributed by atoms with Crippen LogP contribution in [0.4, 0.5) is 20.3 Å². The minimum atomic E-state index is -3.92. The SMILES string of the molecule is Cc1noc(C)c1COc1ccccc1C(=O)Nc1cccc(CC(=O)N[C@H](C(=O)N[C@@H](C)C(=O)Nc2ccn([C@@H]3O[C@H](CO)[C@@H](O)C3(F)F)c(=O)n2)C(C)C)c1. The smallest absolute Gasteiger partial charge is 0.351 e. The highest BCUT2D eigenvalue weighted by atomic mass is 19.3. The molecule has 2 aromatic carbocycles. The van der Waals surface area contributed by atoms with Gasteiger partial charge in [0, 0.05) is 11.9 Å². The second-order valence-corrected chi connectivity index (χ2v) is 13.8. The maximum atomic E-state index is 14.5. The number of benzene rings is 2. The first-order valence-electron chi connectivity index (χ1n) is 17.9. The molecule has 0 unspecified atom stereocenters. The lowest BCUT2D eigenvalue weighted by Crippen LogP contribution is -2.54. The first-order chi connectivity index (χ1) is 27.0. The zero-order chi connectivity index (χ0) is 41.6. The summed E-state index contributed by atoms with van der Waals surface area (Å²) in [4.78, 5) is 68.7. The number of ether oxygens (including phenoxy) is 2. The van der Waals surface area contributed by atoms with Crippen molar-refractivity contribution in [2.45, 2.75) is 84.1 Å². The zero-order valence-electron chi connectivity index (χ0n) is 31.6. The molecule has 4 amide bonds. The number of hydrogen-bond acceptors (Lipinski definition) is 12. The molecule has 0 radical (unpaired) electrons. The van der Waals surface area contributed by atoms with Crippen molar-refractivity contribution < 1.29 is 52.2 Å². The number of carbonyl (C=O) groups excluding carboxylic acids is 4. The summed E-state index contributed by atoms with van der Waals surface area (Å²) in [6, 6.07) is 12.1. The van der Waals surface area contributed by atoms with Crippen molar-refractivity contribution in [3.63, 3.8) is 0 Å². The molecule has 1 aliphatic rings. The molecule has 5 rings (SSSR count). The minimum absolute atomic E-state index is 0.151. The Labute approximate surface area is 324 Å². The summed E-state index contributed by atoms with van der Waals surface area (Å²) in [5, 5.41) is 33.2. The predicted octanol–water partition coefficient (Wildman–Crippen LogP) is 2.39. The van der Waals surface area contributed by atoms with E-state index in [2.05, 4.69) is 31.4 Å². The van der Waals surface area contributed by atoms with Crippen molar-refractivity contribution in [2.24, 2.45) is 5.92 Å². The lowest BCUT2D eigenvalue weighted by molar-refractivity contribution is -0.141. The van der Waals surface area contributed by atoms with Gasteiger partial charge in [-0.3, -0.25) is 23.7 Å². The van der Waals surface area contributed by atoms with Crippen molar-refractivity contribution in [2.75, 3.05) is 17.2 Å². The Kier molecular flexibility index (Phi) is 13.2. The Morgan fingerprint density at radius 1 is 1.00 bits per heavy atom. The van der Waals surface area contributed by atoms with Gasteiger partial charge >= 0.3 is 11.6 Å². The van der Waals surface area contributed by atoms with Gasteiger partial charge in [-0.25, -0.2) is 4.79 Å². The summed E-state index contributed by atoms with van der Waals surface area (Å²) >= 11 is 0. The van der Waals surface area contributed by atoms with E-state index in [4.69, 9.17) is 14.0 Å². The normalized spacial score (nSPS) is 18.4. The molecule has 1 fully saturated rings. The molecule has 4 aromatic rings. The van der Waals surface area contributed by atoms with Gasteiger partial charge in [-0.1, -0.05) is 43.3 Å². The summed E-state index contributed by atoms with van der Waals surface area (Å²) in [7, 11) is 0. The number of alkyl halides is 2. The van der Waals surface area contributed by atoms with Crippen LogP contribution in [0.5, 0.6) is 5.75 Å². The van der Waals surface area contributed by atoms with Crippen LogP contribution in [0, 0.1) is 19.8 Å². The quantitative estimate of drug-likeness (QED) is 0.102. The summed E-state index contributed by atoms with van der Waals surface area (Å²) in [6.07, 6.45) is -5.51. The third kappa shape index (κ3) is 9.86. The van der Waals surface area contributed by atoms with Gasteiger partial charge in [0.25, 0.3) is 5.91 Å². The molecule has 5 atom stereocenters. The van der Waals surface area contributed by atoms with Crippen LogP contribution in [-0.4, -0.2) is 85.4 Å². The average Bonchev–Trinajstić information content (AvgIpc) is 3.60. The molecule has 2 aromatic heterocycles. The van der Waals surface area contributed by atoms with Crippen LogP contribution in [0.3, 0.4) is 0 Å². The fourth-order valence-electron chi connectivity index (χ4n) is 5.92. The largest absolute Gasteiger partial charge is 0.488 e. The highest BCUT2D eigenvalue weighted by Crippen LogP contribution is 2.42. The summed E-state index contributed by atoms with van der Waals surface area (Å²) in [6.45, 7) is 7.54. The van der Waals surface area contributed by atoms with Crippen LogP contribution < -0.4 is 31.7 Å². The first kappa shape index (κ1) is 42.1. The molecular weight excluding hydrogens is 752 g/mol. The fraction of sp³-hybridized carbons (Fsp3) is 0.395. The Bertz CT molecular complexity index is 2160. The molecule has 1 aliphatic heterocycles. The number of para-hydroxylation sites is 1. The third-order valence-electron chi connectivity index (χ3n) is 9.15. The summed E-state index contributed by atoms with van der Waals surface area (Å²) in [5.41, 5.74) is 1.45. The monoisotopic (exact) mass is 795 g/mol. The van der Waals surface area contributed by atoms with E-state index in [1.165, 1.54) is 6.92 Å². The van der Waals surface area contributed by atoms with E-state index in [0.717, 1.165) is 17.8 Å². The topological polar surface area (TPSA) is 236 Å². The maximum absolute atomic E-state index is 14.5. The van der Waals surface area contributed by atoms with E-state index in [-0.39, 0.29) is 24.4 Å². The molecule has 0 spiro atoms. The van der Waals surface area contributed by atoms with E-state index in [0.29, 0.717) is 33.0 Å². The molecular formula is C38H43F2N7O10. The van der Waals surface area contributed by atoms with Crippen LogP contribution >= 0.6 is 0 Å². The molecule has 17 nitrogen and oxygen atoms in total. The fourth-order valence-corrected chi connectivity index (χ4v) is 5.92. The van der Waals surface area contributed by atoms with Gasteiger partial charge in [-0.05, 0) is 62.6 Å². The summed E-state index contributed by atoms with van der Waals surface area (Å²) in [5.74, 6) is -6.14. The Balaban J connectivity index is 1.15. The molecule has 0 saturated carbocycles. The number of aryl methyl sites for hydroxylation is 2. The molecule has 0 aliphatic carbocycles. The second-order valence-electron chi connectivity index (χ2n) is 13.8. The van der Waals surface area contributed by atoms with Gasteiger partial charge < -0.3 is 45.5 Å². The number of aliphatic hydroxyl groups is 2. The van der Waals surface area contributed by atoms with Crippen LogP contribution in [-0.2, 0) is 32.1 Å². The molecule has 304 valence electrons. The number of rotatable bonds is 15. The van der Waals surface area contributed by atoms with Gasteiger partial charge in [-0.15, -0.1) is 0 Å².